The van der Waals surface area contributed by atoms with Gasteiger partial charge in [-0.25, -0.2) is 0 Å². The highest BCUT2D eigenvalue weighted by atomic mass is 16.4. The summed E-state index contributed by atoms with van der Waals surface area (Å²) in [6.07, 6.45) is 9.77. The molecule has 0 heterocycles. The third-order valence-electron chi connectivity index (χ3n) is 13.5. The first-order valence-electron chi connectivity index (χ1n) is 14.9. The van der Waals surface area contributed by atoms with Crippen LogP contribution in [0.15, 0.2) is 11.6 Å². The monoisotopic (exact) mass is 527 g/mol. The number of aliphatic hydroxyl groups excluding tert-OH is 1. The fraction of sp³-hybridized carbons (Fsp3) is 0.844. The predicted octanol–water partition coefficient (Wildman–Crippen LogP) is 5.53. The van der Waals surface area contributed by atoms with Gasteiger partial charge in [0, 0.05) is 11.3 Å². The molecule has 1 amide bonds. The van der Waals surface area contributed by atoms with Gasteiger partial charge in [-0.3, -0.25) is 14.4 Å². The van der Waals surface area contributed by atoms with Crippen molar-refractivity contribution < 1.29 is 24.6 Å². The Kier molecular flexibility index (Phi) is 6.16. The van der Waals surface area contributed by atoms with E-state index >= 15 is 0 Å². The Hall–Kier alpha value is -1.69. The van der Waals surface area contributed by atoms with Crippen molar-refractivity contribution in [2.75, 3.05) is 6.54 Å². The number of carbonyl (C=O) groups is 3. The van der Waals surface area contributed by atoms with E-state index in [9.17, 15) is 19.5 Å². The van der Waals surface area contributed by atoms with Crippen molar-refractivity contribution in [2.24, 2.45) is 50.2 Å². The average molecular weight is 528 g/mol. The molecule has 0 radical (unpaired) electrons. The maximum atomic E-state index is 14.4. The van der Waals surface area contributed by atoms with Crippen LogP contribution in [0.4, 0.5) is 0 Å². The van der Waals surface area contributed by atoms with E-state index in [1.54, 1.807) is 0 Å². The van der Waals surface area contributed by atoms with Crippen molar-refractivity contribution in [3.05, 3.63) is 11.6 Å². The van der Waals surface area contributed by atoms with Crippen LogP contribution in [0.5, 0.6) is 0 Å². The van der Waals surface area contributed by atoms with E-state index in [4.69, 9.17) is 5.11 Å². The van der Waals surface area contributed by atoms with Crippen molar-refractivity contribution in [2.45, 2.75) is 112 Å². The lowest BCUT2D eigenvalue weighted by Crippen LogP contribution is -2.66. The molecule has 0 aliphatic heterocycles. The Morgan fingerprint density at radius 2 is 1.61 bits per heavy atom. The molecule has 0 aromatic carbocycles. The first-order valence-corrected chi connectivity index (χ1v) is 14.9. The Morgan fingerprint density at radius 3 is 2.26 bits per heavy atom. The summed E-state index contributed by atoms with van der Waals surface area (Å²) in [6, 6.07) is 0. The number of rotatable bonds is 3. The van der Waals surface area contributed by atoms with E-state index < -0.39 is 11.4 Å². The zero-order chi connectivity index (χ0) is 28.1. The van der Waals surface area contributed by atoms with Crippen LogP contribution >= 0.6 is 0 Å². The molecular formula is C32H49NO5. The Labute approximate surface area is 228 Å². The molecule has 0 unspecified atom stereocenters. The quantitative estimate of drug-likeness (QED) is 0.448. The highest BCUT2D eigenvalue weighted by molar-refractivity contribution is 5.96. The number of hydrogen-bond donors (Lipinski definition) is 3. The Bertz CT molecular complexity index is 1100. The number of hydrogen-bond acceptors (Lipinski definition) is 4. The van der Waals surface area contributed by atoms with Crippen molar-refractivity contribution >= 4 is 17.7 Å². The third-order valence-corrected chi connectivity index (χ3v) is 13.5. The van der Waals surface area contributed by atoms with Gasteiger partial charge in [-0.05, 0) is 103 Å². The van der Waals surface area contributed by atoms with E-state index in [2.05, 4.69) is 46.9 Å². The summed E-state index contributed by atoms with van der Waals surface area (Å²) in [4.78, 5) is 38.7. The van der Waals surface area contributed by atoms with Gasteiger partial charge in [-0.1, -0.05) is 54.0 Å². The Balaban J connectivity index is 1.55. The topological polar surface area (TPSA) is 104 Å². The number of allylic oxidation sites excluding steroid dienone is 2. The molecule has 5 rings (SSSR count). The van der Waals surface area contributed by atoms with Gasteiger partial charge in [0.05, 0.1) is 6.10 Å². The van der Waals surface area contributed by atoms with Gasteiger partial charge in [-0.15, -0.1) is 0 Å². The molecule has 38 heavy (non-hydrogen) atoms. The summed E-state index contributed by atoms with van der Waals surface area (Å²) >= 11 is 0. The number of amides is 1. The summed E-state index contributed by atoms with van der Waals surface area (Å²) in [5.74, 6) is -0.581. The molecule has 3 N–H and O–H groups in total. The summed E-state index contributed by atoms with van der Waals surface area (Å²) in [6.45, 7) is 15.5. The molecule has 6 heteroatoms. The van der Waals surface area contributed by atoms with Crippen LogP contribution in [0.3, 0.4) is 0 Å². The first kappa shape index (κ1) is 27.9. The molecule has 0 aromatic rings. The average Bonchev–Trinajstić information content (AvgIpc) is 2.82. The minimum absolute atomic E-state index is 0.0411. The SMILES string of the molecule is CC1(C)[C@@H](O)CC[C@]2(C)[C@H]3C(=O)C=C4[C@@H]5C[C@@](C)(C(=O)NCC(=O)O)CC[C@]5(C)CC[C@@]4(C)[C@]3(C)CC[C@@H]12. The molecule has 5 aliphatic rings. The maximum Gasteiger partial charge on any atom is 0.322 e. The lowest BCUT2D eigenvalue weighted by Gasteiger charge is -2.70. The molecular weight excluding hydrogens is 478 g/mol. The summed E-state index contributed by atoms with van der Waals surface area (Å²) in [5.41, 5.74) is 0.00376. The van der Waals surface area contributed by atoms with Crippen molar-refractivity contribution in [3.63, 3.8) is 0 Å². The number of fused-ring (bicyclic) bond motifs is 7. The zero-order valence-corrected chi connectivity index (χ0v) is 24.6. The minimum atomic E-state index is -1.03. The van der Waals surface area contributed by atoms with E-state index in [1.807, 2.05) is 13.0 Å². The lowest BCUT2D eigenvalue weighted by atomic mass is 9.33. The fourth-order valence-electron chi connectivity index (χ4n) is 10.7. The third kappa shape index (κ3) is 3.57. The number of carboxylic acid groups (broad SMARTS) is 1. The molecule has 212 valence electrons. The van der Waals surface area contributed by atoms with E-state index in [1.165, 1.54) is 5.57 Å². The number of nitrogens with one attached hydrogen (secondary N) is 1. The van der Waals surface area contributed by atoms with E-state index in [0.717, 1.165) is 51.4 Å². The standard InChI is InChI=1S/C32H49NO5/c1-27(2)22-8-11-32(7)25(30(22,5)10-9-23(27)35)21(34)16-19-20-17-29(4,26(38)33-18-24(36)37)13-12-28(20,3)14-15-31(19,32)6/h16,20,22-23,25,35H,8-15,17-18H2,1-7H3,(H,33,38)(H,36,37)/t20-,22-,23-,25+,28+,29-,30-,31+,32+/m0/s1. The highest BCUT2D eigenvalue weighted by Gasteiger charge is 2.70. The number of aliphatic carboxylic acids is 1. The molecule has 0 spiro atoms. The molecule has 4 saturated carbocycles. The van der Waals surface area contributed by atoms with Crippen LogP contribution in [-0.4, -0.2) is 40.5 Å². The molecule has 5 aliphatic carbocycles. The Morgan fingerprint density at radius 1 is 0.947 bits per heavy atom. The fourth-order valence-corrected chi connectivity index (χ4v) is 10.7. The molecule has 9 atom stereocenters. The molecule has 6 nitrogen and oxygen atoms in total. The number of carbonyl (C=O) groups excluding carboxylic acids is 2. The first-order chi connectivity index (χ1) is 17.4. The van der Waals surface area contributed by atoms with Gasteiger partial charge >= 0.3 is 5.97 Å². The zero-order valence-electron chi connectivity index (χ0n) is 24.6. The van der Waals surface area contributed by atoms with Crippen molar-refractivity contribution in [1.82, 2.24) is 5.32 Å². The van der Waals surface area contributed by atoms with Gasteiger partial charge in [0.2, 0.25) is 5.91 Å². The van der Waals surface area contributed by atoms with Crippen LogP contribution in [-0.2, 0) is 14.4 Å². The van der Waals surface area contributed by atoms with Crippen LogP contribution in [0.25, 0.3) is 0 Å². The van der Waals surface area contributed by atoms with Crippen LogP contribution < -0.4 is 5.32 Å². The molecule has 0 saturated heterocycles. The van der Waals surface area contributed by atoms with Gasteiger partial charge in [-0.2, -0.15) is 0 Å². The van der Waals surface area contributed by atoms with Crippen molar-refractivity contribution in [1.29, 1.82) is 0 Å². The van der Waals surface area contributed by atoms with Crippen LogP contribution in [0, 0.1) is 50.2 Å². The molecule has 0 bridgehead atoms. The number of ketones is 1. The second-order valence-electron chi connectivity index (χ2n) is 15.7. The maximum absolute atomic E-state index is 14.4. The smallest absolute Gasteiger partial charge is 0.322 e. The van der Waals surface area contributed by atoms with Crippen molar-refractivity contribution in [3.8, 4) is 0 Å². The van der Waals surface area contributed by atoms with Gasteiger partial charge < -0.3 is 15.5 Å². The van der Waals surface area contributed by atoms with Gasteiger partial charge in [0.15, 0.2) is 5.78 Å². The van der Waals surface area contributed by atoms with Crippen LogP contribution in [0.1, 0.15) is 106 Å². The normalized spacial score (nSPS) is 49.5. The van der Waals surface area contributed by atoms with Crippen LogP contribution in [0.2, 0.25) is 0 Å². The summed E-state index contributed by atoms with van der Waals surface area (Å²) in [5, 5.41) is 22.7. The summed E-state index contributed by atoms with van der Waals surface area (Å²) in [7, 11) is 0. The van der Waals surface area contributed by atoms with Gasteiger partial charge in [0.25, 0.3) is 0 Å². The van der Waals surface area contributed by atoms with Gasteiger partial charge in [0.1, 0.15) is 6.54 Å². The van der Waals surface area contributed by atoms with E-state index in [0.29, 0.717) is 12.3 Å². The number of aliphatic hydroxyl groups is 1. The summed E-state index contributed by atoms with van der Waals surface area (Å²) < 4.78 is 0. The van der Waals surface area contributed by atoms with E-state index in [-0.39, 0.29) is 63.2 Å². The second-order valence-corrected chi connectivity index (χ2v) is 15.7. The largest absolute Gasteiger partial charge is 0.480 e. The number of carboxylic acids is 1. The molecule has 0 aromatic heterocycles. The molecule has 4 fully saturated rings. The predicted molar refractivity (Wildman–Crippen MR) is 146 cm³/mol. The lowest BCUT2D eigenvalue weighted by molar-refractivity contribution is -0.202. The second kappa shape index (κ2) is 8.41. The minimum Gasteiger partial charge on any atom is -0.480 e. The highest BCUT2D eigenvalue weighted by Crippen LogP contribution is 2.75.